The zero-order valence-corrected chi connectivity index (χ0v) is 18.3. The van der Waals surface area contributed by atoms with Crippen LogP contribution in [-0.2, 0) is 31.9 Å². The average Bonchev–Trinajstić information content (AvgIpc) is 2.76. The minimum Gasteiger partial charge on any atom is -0.445 e. The zero-order valence-electron chi connectivity index (χ0n) is 17.4. The second-order valence-electron chi connectivity index (χ2n) is 7.04. The van der Waals surface area contributed by atoms with Gasteiger partial charge in [0.15, 0.2) is 0 Å². The first-order valence-corrected chi connectivity index (χ1v) is 11.6. The van der Waals surface area contributed by atoms with Gasteiger partial charge in [0, 0.05) is 6.42 Å². The van der Waals surface area contributed by atoms with E-state index in [0.29, 0.717) is 0 Å². The van der Waals surface area contributed by atoms with Crippen molar-refractivity contribution in [1.29, 1.82) is 0 Å². The van der Waals surface area contributed by atoms with Crippen molar-refractivity contribution in [2.45, 2.75) is 32.0 Å². The minimum absolute atomic E-state index is 0.0302. The van der Waals surface area contributed by atoms with Crippen LogP contribution in [0.5, 0.6) is 0 Å². The standard InChI is InChI=1S/C21H26N3O7P/c1-15(23-21(27)31-13-17-10-6-3-7-11-17)19(25)24-18(12-16-8-4-2-5-9-16)20(26)22-14-32(28,29)30/h2-11,15,18H,12-14H2,1H3,(H,22,26)(H,23,27)(H,24,25)(H2,28,29,30)/t15-,18-/m0/s1. The summed E-state index contributed by atoms with van der Waals surface area (Å²) in [5, 5.41) is 7.03. The third-order valence-corrected chi connectivity index (χ3v) is 4.89. The summed E-state index contributed by atoms with van der Waals surface area (Å²) in [6, 6.07) is 15.7. The van der Waals surface area contributed by atoms with E-state index < -0.39 is 43.9 Å². The van der Waals surface area contributed by atoms with Crippen LogP contribution in [0.2, 0.25) is 0 Å². The fourth-order valence-electron chi connectivity index (χ4n) is 2.67. The van der Waals surface area contributed by atoms with E-state index in [-0.39, 0.29) is 13.0 Å². The quantitative estimate of drug-likeness (QED) is 0.333. The highest BCUT2D eigenvalue weighted by Crippen LogP contribution is 2.31. The predicted molar refractivity (Wildman–Crippen MR) is 116 cm³/mol. The molecule has 0 saturated carbocycles. The molecule has 2 atom stereocenters. The molecule has 5 N–H and O–H groups in total. The summed E-state index contributed by atoms with van der Waals surface area (Å²) in [7, 11) is -4.47. The molecule has 0 aliphatic heterocycles. The van der Waals surface area contributed by atoms with Crippen molar-refractivity contribution < 1.29 is 33.5 Å². The summed E-state index contributed by atoms with van der Waals surface area (Å²) < 4.78 is 16.1. The molecule has 0 radical (unpaired) electrons. The smallest absolute Gasteiger partial charge is 0.408 e. The zero-order chi connectivity index (χ0) is 23.6. The van der Waals surface area contributed by atoms with Gasteiger partial charge < -0.3 is 30.5 Å². The first-order chi connectivity index (χ1) is 15.1. The maximum absolute atomic E-state index is 12.5. The lowest BCUT2D eigenvalue weighted by Gasteiger charge is -2.21. The Labute approximate surface area is 185 Å². The van der Waals surface area contributed by atoms with Crippen LogP contribution < -0.4 is 16.0 Å². The Bertz CT molecular complexity index is 950. The molecule has 2 aromatic carbocycles. The summed E-state index contributed by atoms with van der Waals surface area (Å²) in [6.45, 7) is 1.45. The van der Waals surface area contributed by atoms with Crippen LogP contribution in [0.15, 0.2) is 60.7 Å². The lowest BCUT2D eigenvalue weighted by atomic mass is 10.0. The van der Waals surface area contributed by atoms with Crippen molar-refractivity contribution in [2.75, 3.05) is 6.29 Å². The Morgan fingerprint density at radius 2 is 1.47 bits per heavy atom. The fraction of sp³-hybridized carbons (Fsp3) is 0.286. The van der Waals surface area contributed by atoms with Crippen LogP contribution in [0.4, 0.5) is 4.79 Å². The normalized spacial score (nSPS) is 12.8. The number of ether oxygens (including phenoxy) is 1. The molecule has 0 bridgehead atoms. The van der Waals surface area contributed by atoms with E-state index in [4.69, 9.17) is 14.5 Å². The molecule has 0 heterocycles. The van der Waals surface area contributed by atoms with Crippen molar-refractivity contribution in [3.05, 3.63) is 71.8 Å². The fourth-order valence-corrected chi connectivity index (χ4v) is 3.03. The number of carbonyl (C=O) groups is 3. The molecule has 0 fully saturated rings. The van der Waals surface area contributed by atoms with Crippen LogP contribution in [0, 0.1) is 0 Å². The van der Waals surface area contributed by atoms with Crippen LogP contribution in [0.25, 0.3) is 0 Å². The molecule has 32 heavy (non-hydrogen) atoms. The first-order valence-electron chi connectivity index (χ1n) is 9.78. The van der Waals surface area contributed by atoms with E-state index in [1.807, 2.05) is 6.07 Å². The molecule has 11 heteroatoms. The summed E-state index contributed by atoms with van der Waals surface area (Å²) >= 11 is 0. The highest BCUT2D eigenvalue weighted by molar-refractivity contribution is 7.51. The monoisotopic (exact) mass is 463 g/mol. The van der Waals surface area contributed by atoms with Gasteiger partial charge in [-0.3, -0.25) is 14.2 Å². The van der Waals surface area contributed by atoms with Gasteiger partial charge in [-0.15, -0.1) is 0 Å². The second kappa shape index (κ2) is 12.0. The van der Waals surface area contributed by atoms with Gasteiger partial charge in [-0.25, -0.2) is 4.79 Å². The Balaban J connectivity index is 1.95. The summed E-state index contributed by atoms with van der Waals surface area (Å²) in [5.74, 6) is -1.42. The van der Waals surface area contributed by atoms with E-state index in [1.165, 1.54) is 6.92 Å². The molecule has 0 aliphatic rings. The Hall–Kier alpha value is -3.20. The highest BCUT2D eigenvalue weighted by atomic mass is 31.2. The third kappa shape index (κ3) is 9.30. The Morgan fingerprint density at radius 1 is 0.906 bits per heavy atom. The number of hydrogen-bond donors (Lipinski definition) is 5. The van der Waals surface area contributed by atoms with E-state index >= 15 is 0 Å². The summed E-state index contributed by atoms with van der Waals surface area (Å²) in [4.78, 5) is 54.9. The molecular formula is C21H26N3O7P. The first kappa shape index (κ1) is 25.1. The second-order valence-corrected chi connectivity index (χ2v) is 8.69. The number of hydrogen-bond acceptors (Lipinski definition) is 5. The molecule has 2 aromatic rings. The van der Waals surface area contributed by atoms with Gasteiger partial charge in [-0.2, -0.15) is 0 Å². The topological polar surface area (TPSA) is 154 Å². The number of benzene rings is 2. The number of carbonyl (C=O) groups excluding carboxylic acids is 3. The van der Waals surface area contributed by atoms with Gasteiger partial charge in [-0.1, -0.05) is 60.7 Å². The Kier molecular flexibility index (Phi) is 9.39. The minimum atomic E-state index is -4.47. The van der Waals surface area contributed by atoms with Crippen molar-refractivity contribution in [2.24, 2.45) is 0 Å². The maximum atomic E-state index is 12.5. The molecule has 0 unspecified atom stereocenters. The predicted octanol–water partition coefficient (Wildman–Crippen LogP) is 1.28. The molecule has 172 valence electrons. The van der Waals surface area contributed by atoms with Crippen LogP contribution in [0.1, 0.15) is 18.1 Å². The van der Waals surface area contributed by atoms with Gasteiger partial charge in [-0.05, 0) is 18.1 Å². The molecule has 2 rings (SSSR count). The molecular weight excluding hydrogens is 437 g/mol. The van der Waals surface area contributed by atoms with Crippen LogP contribution in [-0.4, -0.2) is 46.1 Å². The van der Waals surface area contributed by atoms with Crippen LogP contribution in [0.3, 0.4) is 0 Å². The average molecular weight is 463 g/mol. The lowest BCUT2D eigenvalue weighted by Crippen LogP contribution is -2.53. The molecule has 0 aromatic heterocycles. The SMILES string of the molecule is C[C@H](NC(=O)OCc1ccccc1)C(=O)N[C@@H](Cc1ccccc1)C(=O)NCP(=O)(O)O. The van der Waals surface area contributed by atoms with Crippen molar-refractivity contribution in [3.8, 4) is 0 Å². The van der Waals surface area contributed by atoms with Gasteiger partial charge in [0.25, 0.3) is 0 Å². The van der Waals surface area contributed by atoms with Gasteiger partial charge in [0.1, 0.15) is 25.0 Å². The summed E-state index contributed by atoms with van der Waals surface area (Å²) in [5.41, 5.74) is 1.51. The lowest BCUT2D eigenvalue weighted by molar-refractivity contribution is -0.129. The third-order valence-electron chi connectivity index (χ3n) is 4.32. The van der Waals surface area contributed by atoms with Gasteiger partial charge in [0.2, 0.25) is 11.8 Å². The maximum Gasteiger partial charge on any atom is 0.408 e. The number of rotatable bonds is 10. The van der Waals surface area contributed by atoms with Gasteiger partial charge >= 0.3 is 13.7 Å². The number of alkyl carbamates (subject to hydrolysis) is 1. The van der Waals surface area contributed by atoms with E-state index in [2.05, 4.69) is 16.0 Å². The van der Waals surface area contributed by atoms with Crippen molar-refractivity contribution in [1.82, 2.24) is 16.0 Å². The molecule has 0 saturated heterocycles. The van der Waals surface area contributed by atoms with Crippen molar-refractivity contribution in [3.63, 3.8) is 0 Å². The van der Waals surface area contributed by atoms with E-state index in [1.54, 1.807) is 54.6 Å². The molecule has 3 amide bonds. The number of amides is 3. The van der Waals surface area contributed by atoms with E-state index in [0.717, 1.165) is 11.1 Å². The van der Waals surface area contributed by atoms with Crippen LogP contribution >= 0.6 is 7.60 Å². The van der Waals surface area contributed by atoms with Crippen molar-refractivity contribution >= 4 is 25.5 Å². The molecule has 0 spiro atoms. The number of nitrogens with one attached hydrogen (secondary N) is 3. The van der Waals surface area contributed by atoms with E-state index in [9.17, 15) is 18.9 Å². The Morgan fingerprint density at radius 3 is 2.03 bits per heavy atom. The largest absolute Gasteiger partial charge is 0.445 e. The molecule has 10 nitrogen and oxygen atoms in total. The highest BCUT2D eigenvalue weighted by Gasteiger charge is 2.26. The summed E-state index contributed by atoms with van der Waals surface area (Å²) in [6.07, 6.45) is -1.57. The van der Waals surface area contributed by atoms with Gasteiger partial charge in [0.05, 0.1) is 0 Å². The molecule has 0 aliphatic carbocycles.